The first-order valence-corrected chi connectivity index (χ1v) is 9.39. The smallest absolute Gasteiger partial charge is 0.277 e. The number of anilines is 1. The zero-order valence-corrected chi connectivity index (χ0v) is 16.4. The summed E-state index contributed by atoms with van der Waals surface area (Å²) >= 11 is 5.90. The van der Waals surface area contributed by atoms with Gasteiger partial charge in [0.2, 0.25) is 0 Å². The van der Waals surface area contributed by atoms with Crippen molar-refractivity contribution in [1.82, 2.24) is 19.6 Å². The summed E-state index contributed by atoms with van der Waals surface area (Å²) in [7, 11) is 0. The van der Waals surface area contributed by atoms with Gasteiger partial charge in [0.25, 0.3) is 11.3 Å². The number of fused-ring (bicyclic) bond motifs is 1. The molecule has 4 rings (SSSR count). The van der Waals surface area contributed by atoms with Gasteiger partial charge in [0.05, 0.1) is 12.2 Å². The molecule has 2 heterocycles. The van der Waals surface area contributed by atoms with Crippen LogP contribution in [0.3, 0.4) is 0 Å². The van der Waals surface area contributed by atoms with Gasteiger partial charge in [-0.1, -0.05) is 41.4 Å². The number of aromatic nitrogens is 4. The van der Waals surface area contributed by atoms with E-state index >= 15 is 0 Å². The van der Waals surface area contributed by atoms with Gasteiger partial charge in [-0.25, -0.2) is 4.98 Å². The molecule has 0 radical (unpaired) electrons. The lowest BCUT2D eigenvalue weighted by atomic mass is 10.0. The van der Waals surface area contributed by atoms with Crippen molar-refractivity contribution in [3.8, 4) is 0 Å². The van der Waals surface area contributed by atoms with E-state index in [0.29, 0.717) is 40.8 Å². The van der Waals surface area contributed by atoms with Crippen LogP contribution < -0.4 is 10.9 Å². The van der Waals surface area contributed by atoms with Gasteiger partial charge in [-0.2, -0.15) is 9.50 Å². The molecule has 6 nitrogen and oxygen atoms in total. The summed E-state index contributed by atoms with van der Waals surface area (Å²) in [6, 6.07) is 15.6. The highest BCUT2D eigenvalue weighted by Gasteiger charge is 2.14. The minimum atomic E-state index is -0.117. The number of halogens is 1. The highest BCUT2D eigenvalue weighted by molar-refractivity contribution is 6.30. The van der Waals surface area contributed by atoms with Gasteiger partial charge >= 0.3 is 0 Å². The zero-order chi connectivity index (χ0) is 19.7. The Labute approximate surface area is 167 Å². The second-order valence-electron chi connectivity index (χ2n) is 6.81. The molecule has 28 heavy (non-hydrogen) atoms. The van der Waals surface area contributed by atoms with E-state index in [1.165, 1.54) is 10.1 Å². The van der Waals surface area contributed by atoms with E-state index in [2.05, 4.69) is 20.4 Å². The second kappa shape index (κ2) is 7.48. The van der Waals surface area contributed by atoms with Crippen LogP contribution >= 0.6 is 11.6 Å². The Morgan fingerprint density at radius 1 is 1.04 bits per heavy atom. The lowest BCUT2D eigenvalue weighted by Crippen LogP contribution is -2.22. The topological polar surface area (TPSA) is 75.1 Å². The predicted octanol–water partition coefficient (Wildman–Crippen LogP) is 3.89. The fourth-order valence-electron chi connectivity index (χ4n) is 3.04. The van der Waals surface area contributed by atoms with Crippen molar-refractivity contribution in [3.05, 3.63) is 92.1 Å². The van der Waals surface area contributed by atoms with Crippen LogP contribution in [0.5, 0.6) is 0 Å². The van der Waals surface area contributed by atoms with Gasteiger partial charge in [-0.15, -0.1) is 0 Å². The standard InChI is InChI=1S/C21H20ClN5O/c1-13-3-5-15(6-4-13)11-18-14(2)24-21-25-19(26-27(21)20(18)28)12-23-17-9-7-16(22)8-10-17/h3-10,23H,11-12H2,1-2H3,(H,24,25,26). The summed E-state index contributed by atoms with van der Waals surface area (Å²) < 4.78 is 1.41. The third-order valence-electron chi connectivity index (χ3n) is 4.65. The predicted molar refractivity (Wildman–Crippen MR) is 111 cm³/mol. The summed E-state index contributed by atoms with van der Waals surface area (Å²) in [6.07, 6.45) is 0.540. The van der Waals surface area contributed by atoms with Crippen molar-refractivity contribution in [2.24, 2.45) is 0 Å². The molecule has 2 aromatic heterocycles. The first kappa shape index (κ1) is 18.3. The van der Waals surface area contributed by atoms with Gasteiger partial charge in [0.15, 0.2) is 0 Å². The first-order chi connectivity index (χ1) is 13.5. The van der Waals surface area contributed by atoms with Gasteiger partial charge < -0.3 is 5.32 Å². The van der Waals surface area contributed by atoms with Crippen LogP contribution in [0.15, 0.2) is 53.3 Å². The van der Waals surface area contributed by atoms with E-state index < -0.39 is 0 Å². The maximum absolute atomic E-state index is 13.0. The molecule has 0 unspecified atom stereocenters. The molecule has 0 aliphatic rings. The van der Waals surface area contributed by atoms with Crippen molar-refractivity contribution in [3.63, 3.8) is 0 Å². The van der Waals surface area contributed by atoms with Crippen LogP contribution in [-0.2, 0) is 13.0 Å². The number of nitrogens with one attached hydrogen (secondary N) is 2. The molecule has 142 valence electrons. The number of aryl methyl sites for hydroxylation is 2. The number of hydrogen-bond acceptors (Lipinski definition) is 4. The van der Waals surface area contributed by atoms with E-state index in [1.54, 1.807) is 0 Å². The summed E-state index contributed by atoms with van der Waals surface area (Å²) in [5, 5.41) is 6.98. The highest BCUT2D eigenvalue weighted by Crippen LogP contribution is 2.14. The summed E-state index contributed by atoms with van der Waals surface area (Å²) in [5.41, 5.74) is 4.44. The van der Waals surface area contributed by atoms with Gasteiger partial charge in [0, 0.05) is 22.7 Å². The molecule has 0 amide bonds. The van der Waals surface area contributed by atoms with Crippen LogP contribution in [0, 0.1) is 13.8 Å². The molecule has 4 aromatic rings. The Hall–Kier alpha value is -3.12. The Morgan fingerprint density at radius 3 is 2.46 bits per heavy atom. The van der Waals surface area contributed by atoms with Crippen molar-refractivity contribution >= 4 is 23.1 Å². The molecule has 0 spiro atoms. The third kappa shape index (κ3) is 3.77. The minimum Gasteiger partial charge on any atom is -0.378 e. The van der Waals surface area contributed by atoms with E-state index in [0.717, 1.165) is 11.3 Å². The average Bonchev–Trinajstić information content (AvgIpc) is 3.09. The molecule has 7 heteroatoms. The quantitative estimate of drug-likeness (QED) is 0.539. The fourth-order valence-corrected chi connectivity index (χ4v) is 3.17. The van der Waals surface area contributed by atoms with Crippen molar-refractivity contribution in [2.75, 3.05) is 5.32 Å². The fraction of sp³-hybridized carbons (Fsp3) is 0.190. The lowest BCUT2D eigenvalue weighted by Gasteiger charge is -2.05. The Balaban J connectivity index is 1.60. The van der Waals surface area contributed by atoms with E-state index in [4.69, 9.17) is 11.6 Å². The van der Waals surface area contributed by atoms with Crippen LogP contribution in [0.4, 0.5) is 5.69 Å². The molecule has 2 N–H and O–H groups in total. The summed E-state index contributed by atoms with van der Waals surface area (Å²) in [4.78, 5) is 21.9. The van der Waals surface area contributed by atoms with E-state index in [-0.39, 0.29) is 5.56 Å². The highest BCUT2D eigenvalue weighted by atomic mass is 35.5. The summed E-state index contributed by atoms with van der Waals surface area (Å²) in [6.45, 7) is 4.34. The molecule has 0 saturated heterocycles. The number of aromatic amines is 1. The number of rotatable bonds is 5. The molecule has 2 aromatic carbocycles. The molecular weight excluding hydrogens is 374 g/mol. The largest absolute Gasteiger partial charge is 0.378 e. The Morgan fingerprint density at radius 2 is 1.75 bits per heavy atom. The lowest BCUT2D eigenvalue weighted by molar-refractivity contribution is 0.832. The van der Waals surface area contributed by atoms with Crippen LogP contribution in [0.1, 0.15) is 28.2 Å². The van der Waals surface area contributed by atoms with Crippen LogP contribution in [0.25, 0.3) is 5.78 Å². The number of H-pyrrole nitrogens is 1. The van der Waals surface area contributed by atoms with Gasteiger partial charge in [0.1, 0.15) is 5.82 Å². The monoisotopic (exact) mass is 393 g/mol. The summed E-state index contributed by atoms with van der Waals surface area (Å²) in [5.74, 6) is 1.01. The normalized spacial score (nSPS) is 11.1. The molecule has 0 atom stereocenters. The number of hydrogen-bond donors (Lipinski definition) is 2. The Bertz CT molecular complexity index is 1180. The van der Waals surface area contributed by atoms with Crippen molar-refractivity contribution < 1.29 is 0 Å². The molecule has 0 bridgehead atoms. The molecular formula is C21H20ClN5O. The van der Waals surface area contributed by atoms with Crippen molar-refractivity contribution in [1.29, 1.82) is 0 Å². The SMILES string of the molecule is Cc1ccc(Cc2c(C)nc3nc(CNc4ccc(Cl)cc4)[nH]n3c2=O)cc1. The second-order valence-corrected chi connectivity index (χ2v) is 7.25. The Kier molecular flexibility index (Phi) is 4.88. The minimum absolute atomic E-state index is 0.117. The number of nitrogens with zero attached hydrogens (tertiary/aromatic N) is 3. The maximum atomic E-state index is 13.0. The van der Waals surface area contributed by atoms with Gasteiger partial charge in [-0.05, 0) is 43.7 Å². The van der Waals surface area contributed by atoms with Crippen molar-refractivity contribution in [2.45, 2.75) is 26.8 Å². The molecule has 0 aliphatic heterocycles. The third-order valence-corrected chi connectivity index (χ3v) is 4.90. The van der Waals surface area contributed by atoms with E-state index in [1.807, 2.05) is 62.4 Å². The number of benzene rings is 2. The zero-order valence-electron chi connectivity index (χ0n) is 15.7. The van der Waals surface area contributed by atoms with E-state index in [9.17, 15) is 4.79 Å². The average molecular weight is 394 g/mol. The molecule has 0 fully saturated rings. The van der Waals surface area contributed by atoms with Crippen LogP contribution in [0.2, 0.25) is 5.02 Å². The van der Waals surface area contributed by atoms with Gasteiger partial charge in [-0.3, -0.25) is 9.89 Å². The maximum Gasteiger partial charge on any atom is 0.277 e. The molecule has 0 saturated carbocycles. The first-order valence-electron chi connectivity index (χ1n) is 9.02. The molecule has 0 aliphatic carbocycles. The van der Waals surface area contributed by atoms with Crippen LogP contribution in [-0.4, -0.2) is 19.6 Å².